The van der Waals surface area contributed by atoms with E-state index in [1.165, 1.54) is 57.8 Å². The van der Waals surface area contributed by atoms with Gasteiger partial charge in [-0.05, 0) is 91.2 Å². The summed E-state index contributed by atoms with van der Waals surface area (Å²) in [5, 5.41) is 0.276. The maximum Gasteiger partial charge on any atom is 0.169 e. The topological polar surface area (TPSA) is 0 Å². The molecule has 2 aliphatic rings. The fourth-order valence-electron chi connectivity index (χ4n) is 6.76. The summed E-state index contributed by atoms with van der Waals surface area (Å²) in [6.45, 7) is 5.92. The van der Waals surface area contributed by atoms with Crippen LogP contribution in [-0.4, -0.2) is 0 Å². The zero-order valence-corrected chi connectivity index (χ0v) is 20.9. The molecule has 2 aromatic rings. The first kappa shape index (κ1) is 25.3. The van der Waals surface area contributed by atoms with Crippen molar-refractivity contribution in [2.24, 2.45) is 17.8 Å². The van der Waals surface area contributed by atoms with Crippen molar-refractivity contribution in [3.8, 4) is 0 Å². The molecule has 0 radical (unpaired) electrons. The summed E-state index contributed by atoms with van der Waals surface area (Å²) in [5.41, 5.74) is 0.876. The van der Waals surface area contributed by atoms with Gasteiger partial charge < -0.3 is 0 Å². The van der Waals surface area contributed by atoms with Crippen LogP contribution in [0, 0.1) is 35.2 Å². The molecule has 3 heteroatoms. The standard InChI is InChI=1S/C31H41F3/c1-3-5-7-8-9-10-21-12-13-24-19-25(16-15-23(24)18-21)27-20-26-17-14-22(11-6-4-2)29(32)28(26)31(34)30(27)33/h4,14,17,20-21,23-25H,2-3,5-13,15-16,18-19H2,1H3. The van der Waals surface area contributed by atoms with Gasteiger partial charge in [0.25, 0.3) is 0 Å². The highest BCUT2D eigenvalue weighted by molar-refractivity contribution is 5.85. The van der Waals surface area contributed by atoms with Crippen molar-refractivity contribution in [1.29, 1.82) is 0 Å². The first-order valence-electron chi connectivity index (χ1n) is 13.7. The number of aryl methyl sites for hydroxylation is 1. The lowest BCUT2D eigenvalue weighted by Gasteiger charge is -2.42. The first-order chi connectivity index (χ1) is 16.5. The van der Waals surface area contributed by atoms with Gasteiger partial charge in [0.05, 0.1) is 5.39 Å². The van der Waals surface area contributed by atoms with Crippen LogP contribution in [0.25, 0.3) is 10.8 Å². The van der Waals surface area contributed by atoms with Gasteiger partial charge in [0.2, 0.25) is 0 Å². The van der Waals surface area contributed by atoms with Crippen LogP contribution in [0.4, 0.5) is 13.2 Å². The zero-order valence-electron chi connectivity index (χ0n) is 20.9. The van der Waals surface area contributed by atoms with Gasteiger partial charge in [0.15, 0.2) is 11.6 Å². The predicted octanol–water partition coefficient (Wildman–Crippen LogP) is 10.0. The molecule has 0 aliphatic heterocycles. The Morgan fingerprint density at radius 3 is 2.44 bits per heavy atom. The minimum absolute atomic E-state index is 0.0363. The van der Waals surface area contributed by atoms with E-state index in [2.05, 4.69) is 13.5 Å². The maximum atomic E-state index is 15.2. The number of allylic oxidation sites excluding steroid dienone is 1. The average molecular weight is 471 g/mol. The molecule has 2 fully saturated rings. The highest BCUT2D eigenvalue weighted by Gasteiger charge is 2.37. The third kappa shape index (κ3) is 5.55. The monoisotopic (exact) mass is 470 g/mol. The Hall–Kier alpha value is -1.77. The van der Waals surface area contributed by atoms with Crippen LogP contribution in [0.1, 0.15) is 107 Å². The molecule has 4 rings (SSSR count). The van der Waals surface area contributed by atoms with Crippen LogP contribution in [-0.2, 0) is 6.42 Å². The molecule has 0 N–H and O–H groups in total. The summed E-state index contributed by atoms with van der Waals surface area (Å²) in [4.78, 5) is 0. The highest BCUT2D eigenvalue weighted by Crippen LogP contribution is 2.49. The second kappa shape index (κ2) is 11.8. The van der Waals surface area contributed by atoms with E-state index in [0.29, 0.717) is 35.3 Å². The van der Waals surface area contributed by atoms with Crippen LogP contribution < -0.4 is 0 Å². The SMILES string of the molecule is C=CCCc1ccc2cc(C3CCC4CC(CCCCCCC)CCC4C3)c(F)c(F)c2c1F. The predicted molar refractivity (Wildman–Crippen MR) is 137 cm³/mol. The molecule has 4 unspecified atom stereocenters. The van der Waals surface area contributed by atoms with E-state index in [1.807, 2.05) is 0 Å². The van der Waals surface area contributed by atoms with Gasteiger partial charge >= 0.3 is 0 Å². The van der Waals surface area contributed by atoms with Crippen molar-refractivity contribution in [3.05, 3.63) is 59.4 Å². The number of benzene rings is 2. The summed E-state index contributed by atoms with van der Waals surface area (Å²) in [7, 11) is 0. The van der Waals surface area contributed by atoms with Gasteiger partial charge in [-0.3, -0.25) is 0 Å². The number of unbranched alkanes of at least 4 members (excludes halogenated alkanes) is 4. The van der Waals surface area contributed by atoms with Crippen LogP contribution in [0.15, 0.2) is 30.9 Å². The molecule has 2 aliphatic carbocycles. The number of halogens is 3. The van der Waals surface area contributed by atoms with Crippen LogP contribution in [0.5, 0.6) is 0 Å². The summed E-state index contributed by atoms with van der Waals surface area (Å²) in [5.74, 6) is -0.230. The zero-order chi connectivity index (χ0) is 24.1. The van der Waals surface area contributed by atoms with Crippen LogP contribution >= 0.6 is 0 Å². The molecule has 0 nitrogen and oxygen atoms in total. The van der Waals surface area contributed by atoms with Crippen LogP contribution in [0.2, 0.25) is 0 Å². The Bertz CT molecular complexity index is 979. The normalized spacial score (nSPS) is 24.8. The Labute approximate surface area is 204 Å². The lowest BCUT2D eigenvalue weighted by molar-refractivity contribution is 0.112. The number of hydrogen-bond acceptors (Lipinski definition) is 0. The molecule has 0 bridgehead atoms. The highest BCUT2D eigenvalue weighted by atomic mass is 19.2. The molecule has 0 amide bonds. The van der Waals surface area contributed by atoms with Gasteiger partial charge in [0.1, 0.15) is 5.82 Å². The molecular formula is C31H41F3. The molecule has 0 aromatic heterocycles. The van der Waals surface area contributed by atoms with Gasteiger partial charge in [-0.1, -0.05) is 70.1 Å². The number of rotatable bonds is 10. The molecule has 2 aromatic carbocycles. The Morgan fingerprint density at radius 1 is 0.882 bits per heavy atom. The molecule has 0 heterocycles. The molecular weight excluding hydrogens is 429 g/mol. The molecule has 0 saturated heterocycles. The molecule has 186 valence electrons. The lowest BCUT2D eigenvalue weighted by Crippen LogP contribution is -2.30. The van der Waals surface area contributed by atoms with Crippen molar-refractivity contribution in [2.75, 3.05) is 0 Å². The maximum absolute atomic E-state index is 15.2. The molecule has 0 spiro atoms. The summed E-state index contributed by atoms with van der Waals surface area (Å²) < 4.78 is 45.3. The largest absolute Gasteiger partial charge is 0.206 e. The van der Waals surface area contributed by atoms with Crippen molar-refractivity contribution >= 4 is 10.8 Å². The second-order valence-electron chi connectivity index (χ2n) is 11.0. The van der Waals surface area contributed by atoms with E-state index >= 15 is 8.78 Å². The van der Waals surface area contributed by atoms with E-state index in [1.54, 1.807) is 24.3 Å². The fraction of sp³-hybridized carbons (Fsp3) is 0.613. The quantitative estimate of drug-likeness (QED) is 0.239. The van der Waals surface area contributed by atoms with Gasteiger partial charge in [0, 0.05) is 0 Å². The first-order valence-corrected chi connectivity index (χ1v) is 13.7. The summed E-state index contributed by atoms with van der Waals surface area (Å²) >= 11 is 0. The minimum atomic E-state index is -1.01. The molecule has 4 atom stereocenters. The lowest BCUT2D eigenvalue weighted by atomic mass is 9.63. The number of hydrogen-bond donors (Lipinski definition) is 0. The summed E-state index contributed by atoms with van der Waals surface area (Å²) in [6.07, 6.45) is 17.6. The third-order valence-corrected chi connectivity index (χ3v) is 8.73. The third-order valence-electron chi connectivity index (χ3n) is 8.73. The molecule has 2 saturated carbocycles. The van der Waals surface area contributed by atoms with Crippen molar-refractivity contribution in [2.45, 2.75) is 103 Å². The van der Waals surface area contributed by atoms with Gasteiger partial charge in [-0.2, -0.15) is 0 Å². The summed E-state index contributed by atoms with van der Waals surface area (Å²) in [6, 6.07) is 5.18. The molecule has 34 heavy (non-hydrogen) atoms. The smallest absolute Gasteiger partial charge is 0.169 e. The van der Waals surface area contributed by atoms with Gasteiger partial charge in [-0.25, -0.2) is 13.2 Å². The average Bonchev–Trinajstić information content (AvgIpc) is 2.85. The number of fused-ring (bicyclic) bond motifs is 2. The Balaban J connectivity index is 1.43. The second-order valence-corrected chi connectivity index (χ2v) is 11.0. The van der Waals surface area contributed by atoms with Crippen LogP contribution in [0.3, 0.4) is 0 Å². The fourth-order valence-corrected chi connectivity index (χ4v) is 6.76. The van der Waals surface area contributed by atoms with Crippen molar-refractivity contribution in [1.82, 2.24) is 0 Å². The van der Waals surface area contributed by atoms with Gasteiger partial charge in [-0.15, -0.1) is 6.58 Å². The van der Waals surface area contributed by atoms with E-state index < -0.39 is 17.5 Å². The minimum Gasteiger partial charge on any atom is -0.206 e. The van der Waals surface area contributed by atoms with E-state index in [4.69, 9.17) is 0 Å². The van der Waals surface area contributed by atoms with Crippen molar-refractivity contribution in [3.63, 3.8) is 0 Å². The Kier molecular flexibility index (Phi) is 8.77. The van der Waals surface area contributed by atoms with E-state index in [-0.39, 0.29) is 11.3 Å². The van der Waals surface area contributed by atoms with E-state index in [9.17, 15) is 4.39 Å². The Morgan fingerprint density at radius 2 is 1.65 bits per heavy atom. The van der Waals surface area contributed by atoms with E-state index in [0.717, 1.165) is 31.1 Å². The van der Waals surface area contributed by atoms with Crippen molar-refractivity contribution < 1.29 is 13.2 Å².